The molecule has 1 aliphatic rings. The second-order valence-electron chi connectivity index (χ2n) is 9.13. The van der Waals surface area contributed by atoms with E-state index in [4.69, 9.17) is 16.3 Å². The number of aromatic nitrogens is 1. The molecular weight excluding hydrogens is 480 g/mol. The number of thioether (sulfide) groups is 1. The van der Waals surface area contributed by atoms with Crippen LogP contribution in [-0.2, 0) is 20.3 Å². The predicted molar refractivity (Wildman–Crippen MR) is 133 cm³/mol. The molecule has 0 radical (unpaired) electrons. The predicted octanol–water partition coefficient (Wildman–Crippen LogP) is 5.70. The lowest BCUT2D eigenvalue weighted by Crippen LogP contribution is -2.41. The van der Waals surface area contributed by atoms with E-state index in [1.165, 1.54) is 6.26 Å². The Kier molecular flexibility index (Phi) is 7.81. The lowest BCUT2D eigenvalue weighted by molar-refractivity contribution is 0.0251. The van der Waals surface area contributed by atoms with Gasteiger partial charge in [0.05, 0.1) is 15.6 Å². The first-order valence-corrected chi connectivity index (χ1v) is 13.8. The van der Waals surface area contributed by atoms with Crippen molar-refractivity contribution < 1.29 is 17.9 Å². The van der Waals surface area contributed by atoms with E-state index in [0.717, 1.165) is 21.7 Å². The summed E-state index contributed by atoms with van der Waals surface area (Å²) < 4.78 is 28.7. The number of rotatable bonds is 5. The van der Waals surface area contributed by atoms with E-state index in [-0.39, 0.29) is 12.0 Å². The van der Waals surface area contributed by atoms with Crippen molar-refractivity contribution in [2.75, 3.05) is 19.3 Å². The van der Waals surface area contributed by atoms with Crippen LogP contribution in [0.15, 0.2) is 52.4 Å². The summed E-state index contributed by atoms with van der Waals surface area (Å²) in [6.07, 6.45) is 4.74. The third kappa shape index (κ3) is 6.98. The number of benzene rings is 1. The monoisotopic (exact) mass is 508 g/mol. The zero-order chi connectivity index (χ0) is 24.4. The Labute approximate surface area is 205 Å². The van der Waals surface area contributed by atoms with Gasteiger partial charge in [0.15, 0.2) is 9.84 Å². The number of pyridine rings is 1. The van der Waals surface area contributed by atoms with E-state index in [2.05, 4.69) is 11.9 Å². The minimum absolute atomic E-state index is 0.123. The first-order chi connectivity index (χ1) is 15.3. The molecule has 0 spiro atoms. The summed E-state index contributed by atoms with van der Waals surface area (Å²) in [6.45, 7) is 8.69. The van der Waals surface area contributed by atoms with Crippen LogP contribution in [-0.4, -0.2) is 49.3 Å². The van der Waals surface area contributed by atoms with Gasteiger partial charge in [0.2, 0.25) is 0 Å². The number of amides is 1. The molecule has 1 atom stereocenters. The van der Waals surface area contributed by atoms with Crippen molar-refractivity contribution in [3.05, 3.63) is 58.9 Å². The third-order valence-corrected chi connectivity index (χ3v) is 7.57. The molecule has 1 aliphatic heterocycles. The molecule has 3 rings (SSSR count). The van der Waals surface area contributed by atoms with Crippen molar-refractivity contribution in [3.63, 3.8) is 0 Å². The van der Waals surface area contributed by atoms with Crippen molar-refractivity contribution in [1.82, 2.24) is 9.88 Å². The summed E-state index contributed by atoms with van der Waals surface area (Å²) in [6, 6.07) is 8.70. The number of hydrogen-bond acceptors (Lipinski definition) is 6. The van der Waals surface area contributed by atoms with Crippen LogP contribution in [0.2, 0.25) is 5.02 Å². The van der Waals surface area contributed by atoms with Gasteiger partial charge in [-0.1, -0.05) is 24.6 Å². The Morgan fingerprint density at radius 3 is 2.48 bits per heavy atom. The maximum atomic E-state index is 12.4. The van der Waals surface area contributed by atoms with Gasteiger partial charge in [0, 0.05) is 36.2 Å². The van der Waals surface area contributed by atoms with Crippen LogP contribution in [0.25, 0.3) is 5.57 Å². The largest absolute Gasteiger partial charge is 0.444 e. The zero-order valence-electron chi connectivity index (χ0n) is 19.5. The minimum Gasteiger partial charge on any atom is -0.444 e. The van der Waals surface area contributed by atoms with Crippen LogP contribution >= 0.6 is 23.4 Å². The smallest absolute Gasteiger partial charge is 0.410 e. The Balaban J connectivity index is 1.66. The maximum Gasteiger partial charge on any atom is 0.410 e. The van der Waals surface area contributed by atoms with Crippen LogP contribution in [0.4, 0.5) is 4.79 Å². The number of carbonyl (C=O) groups is 1. The van der Waals surface area contributed by atoms with Gasteiger partial charge in [-0.2, -0.15) is 0 Å². The Morgan fingerprint density at radius 2 is 1.94 bits per heavy atom. The van der Waals surface area contributed by atoms with Gasteiger partial charge in [-0.25, -0.2) is 13.2 Å². The van der Waals surface area contributed by atoms with E-state index >= 15 is 0 Å². The molecule has 1 aromatic carbocycles. The molecule has 9 heteroatoms. The van der Waals surface area contributed by atoms with Gasteiger partial charge in [-0.05, 0) is 68.2 Å². The Hall–Kier alpha value is -2.03. The fourth-order valence-electron chi connectivity index (χ4n) is 3.46. The molecule has 0 saturated heterocycles. The third-order valence-electron chi connectivity index (χ3n) is 5.09. The minimum atomic E-state index is -3.21. The van der Waals surface area contributed by atoms with Crippen LogP contribution in [0.1, 0.15) is 39.0 Å². The number of hydrogen-bond donors (Lipinski definition) is 0. The summed E-state index contributed by atoms with van der Waals surface area (Å²) in [5, 5.41) is 0.579. The molecule has 33 heavy (non-hydrogen) atoms. The zero-order valence-corrected chi connectivity index (χ0v) is 21.9. The highest BCUT2D eigenvalue weighted by Crippen LogP contribution is 2.32. The van der Waals surface area contributed by atoms with Crippen molar-refractivity contribution >= 4 is 44.9 Å². The molecule has 0 fully saturated rings. The van der Waals surface area contributed by atoms with Crippen molar-refractivity contribution in [1.29, 1.82) is 0 Å². The van der Waals surface area contributed by atoms with Gasteiger partial charge >= 0.3 is 6.09 Å². The fraction of sp³-hybridized carbons (Fsp3) is 0.417. The molecule has 0 N–H and O–H groups in total. The molecular formula is C24H29ClN2O4S2. The molecule has 2 aromatic rings. The number of ether oxygens (including phenoxy) is 1. The molecule has 178 valence electrons. The Morgan fingerprint density at radius 1 is 1.27 bits per heavy atom. The quantitative estimate of drug-likeness (QED) is 0.482. The molecule has 6 nitrogen and oxygen atoms in total. The van der Waals surface area contributed by atoms with Gasteiger partial charge in [0.1, 0.15) is 5.60 Å². The van der Waals surface area contributed by atoms with Crippen molar-refractivity contribution in [2.24, 2.45) is 5.92 Å². The highest BCUT2D eigenvalue weighted by atomic mass is 35.5. The maximum absolute atomic E-state index is 12.4. The van der Waals surface area contributed by atoms with Gasteiger partial charge in [-0.3, -0.25) is 4.98 Å². The first-order valence-electron chi connectivity index (χ1n) is 10.6. The highest BCUT2D eigenvalue weighted by Gasteiger charge is 2.27. The molecule has 0 bridgehead atoms. The average molecular weight is 509 g/mol. The number of carbonyl (C=O) groups excluding carboxylic acids is 1. The summed E-state index contributed by atoms with van der Waals surface area (Å²) in [7, 11) is -3.21. The molecule has 0 saturated carbocycles. The van der Waals surface area contributed by atoms with Crippen LogP contribution in [0, 0.1) is 5.92 Å². The average Bonchev–Trinajstić information content (AvgIpc) is 2.71. The summed E-state index contributed by atoms with van der Waals surface area (Å²) in [5.74, 6) is 0.691. The Bertz CT molecular complexity index is 1160. The van der Waals surface area contributed by atoms with Crippen LogP contribution in [0.3, 0.4) is 0 Å². The SMILES string of the molecule is CC1CN(C(=O)OC(C)(C)C)CC=C1c1cnc(CSc2ccc(S(C)(=O)=O)cc2)c(Cl)c1. The number of sulfone groups is 1. The lowest BCUT2D eigenvalue weighted by atomic mass is 9.91. The molecule has 1 unspecified atom stereocenters. The number of halogens is 1. The standard InChI is InChI=1S/C24H29ClN2O4S2/c1-16-14-27(23(28)31-24(2,3)4)11-10-20(16)17-12-21(25)22(26-13-17)15-32-18-6-8-19(9-7-18)33(5,29)30/h6-10,12-13,16H,11,14-15H2,1-5H3. The fourth-order valence-corrected chi connectivity index (χ4v) is 5.26. The number of nitrogens with zero attached hydrogens (tertiary/aromatic N) is 2. The van der Waals surface area contributed by atoms with Gasteiger partial charge < -0.3 is 9.64 Å². The van der Waals surface area contributed by atoms with Crippen LogP contribution in [0.5, 0.6) is 0 Å². The summed E-state index contributed by atoms with van der Waals surface area (Å²) in [5.41, 5.74) is 2.30. The summed E-state index contributed by atoms with van der Waals surface area (Å²) >= 11 is 8.07. The van der Waals surface area contributed by atoms with Crippen molar-refractivity contribution in [3.8, 4) is 0 Å². The van der Waals surface area contributed by atoms with Crippen LogP contribution < -0.4 is 0 Å². The normalized spacial score (nSPS) is 17.0. The summed E-state index contributed by atoms with van der Waals surface area (Å²) in [4.78, 5) is 19.9. The first kappa shape index (κ1) is 25.6. The van der Waals surface area contributed by atoms with E-state index < -0.39 is 15.4 Å². The van der Waals surface area contributed by atoms with E-state index in [1.54, 1.807) is 40.9 Å². The topological polar surface area (TPSA) is 76.6 Å². The highest BCUT2D eigenvalue weighted by molar-refractivity contribution is 7.98. The second-order valence-corrected chi connectivity index (χ2v) is 12.6. The van der Waals surface area contributed by atoms with E-state index in [9.17, 15) is 13.2 Å². The van der Waals surface area contributed by atoms with Crippen molar-refractivity contribution in [2.45, 2.75) is 48.8 Å². The van der Waals surface area contributed by atoms with Gasteiger partial charge in [0.25, 0.3) is 0 Å². The molecule has 2 heterocycles. The molecule has 1 amide bonds. The van der Waals surface area contributed by atoms with E-state index in [0.29, 0.717) is 28.8 Å². The van der Waals surface area contributed by atoms with Gasteiger partial charge in [-0.15, -0.1) is 11.8 Å². The molecule has 1 aromatic heterocycles. The van der Waals surface area contributed by atoms with E-state index in [1.807, 2.05) is 39.1 Å². The molecule has 0 aliphatic carbocycles. The second kappa shape index (κ2) is 10.1. The lowest BCUT2D eigenvalue weighted by Gasteiger charge is -2.33.